The first-order valence-electron chi connectivity index (χ1n) is 11.8. The number of carboxylic acid groups (broad SMARTS) is 1. The smallest absolute Gasteiger partial charge is 0.326 e. The molecular formula is C25H34N4O5. The number of nitrogens with zero attached hydrogens (tertiary/aromatic N) is 2. The van der Waals surface area contributed by atoms with Gasteiger partial charge in [-0.1, -0.05) is 6.07 Å². The van der Waals surface area contributed by atoms with E-state index in [0.29, 0.717) is 29.3 Å². The second-order valence-corrected chi connectivity index (χ2v) is 8.51. The van der Waals surface area contributed by atoms with Crippen molar-refractivity contribution in [2.24, 2.45) is 0 Å². The van der Waals surface area contributed by atoms with Crippen molar-refractivity contribution in [3.63, 3.8) is 0 Å². The van der Waals surface area contributed by atoms with Crippen molar-refractivity contribution in [3.05, 3.63) is 46.3 Å². The van der Waals surface area contributed by atoms with Crippen LogP contribution < -0.4 is 15.4 Å². The van der Waals surface area contributed by atoms with Gasteiger partial charge in [-0.3, -0.25) is 4.79 Å². The van der Waals surface area contributed by atoms with E-state index in [1.165, 1.54) is 12.7 Å². The van der Waals surface area contributed by atoms with Crippen LogP contribution in [0.4, 0.5) is 5.82 Å². The third-order valence-electron chi connectivity index (χ3n) is 5.89. The zero-order valence-corrected chi connectivity index (χ0v) is 20.1. The summed E-state index contributed by atoms with van der Waals surface area (Å²) >= 11 is 0. The molecule has 1 aliphatic heterocycles. The van der Waals surface area contributed by atoms with Crippen molar-refractivity contribution < 1.29 is 24.2 Å². The van der Waals surface area contributed by atoms with Gasteiger partial charge in [-0.15, -0.1) is 0 Å². The normalized spacial score (nSPS) is 13.5. The Kier molecular flexibility index (Phi) is 9.21. The molecule has 34 heavy (non-hydrogen) atoms. The molecule has 3 N–H and O–H groups in total. The number of hydrogen-bond donors (Lipinski definition) is 3. The van der Waals surface area contributed by atoms with Crippen molar-refractivity contribution >= 4 is 17.7 Å². The number of carbonyl (C=O) groups excluding carboxylic acids is 1. The monoisotopic (exact) mass is 470 g/mol. The largest absolute Gasteiger partial charge is 0.481 e. The summed E-state index contributed by atoms with van der Waals surface area (Å²) in [6.07, 6.45) is 5.08. The number of aliphatic carboxylic acids is 1. The molecule has 0 fully saturated rings. The predicted octanol–water partition coefficient (Wildman–Crippen LogP) is 3.07. The van der Waals surface area contributed by atoms with E-state index in [2.05, 4.69) is 27.8 Å². The van der Waals surface area contributed by atoms with Gasteiger partial charge in [0.1, 0.15) is 11.9 Å². The molecule has 0 saturated heterocycles. The average Bonchev–Trinajstić information content (AvgIpc) is 2.81. The number of aromatic nitrogens is 2. The minimum Gasteiger partial charge on any atom is -0.481 e. The van der Waals surface area contributed by atoms with Gasteiger partial charge in [-0.2, -0.15) is 0 Å². The van der Waals surface area contributed by atoms with Crippen LogP contribution in [-0.4, -0.2) is 59.9 Å². The molecule has 0 unspecified atom stereocenters. The number of fused-ring (bicyclic) bond motifs is 1. The van der Waals surface area contributed by atoms with Gasteiger partial charge in [-0.25, -0.2) is 14.8 Å². The van der Waals surface area contributed by atoms with Crippen LogP contribution in [0, 0.1) is 13.8 Å². The number of hydrogen-bond acceptors (Lipinski definition) is 7. The number of amides is 1. The molecule has 0 saturated carbocycles. The lowest BCUT2D eigenvalue weighted by Crippen LogP contribution is -2.42. The molecular weight excluding hydrogens is 436 g/mol. The lowest BCUT2D eigenvalue weighted by Gasteiger charge is -2.17. The summed E-state index contributed by atoms with van der Waals surface area (Å²) in [4.78, 5) is 33.2. The first-order valence-corrected chi connectivity index (χ1v) is 11.8. The summed E-state index contributed by atoms with van der Waals surface area (Å²) in [5.74, 6) is -0.142. The molecule has 3 rings (SSSR count). The Labute approximate surface area is 200 Å². The summed E-state index contributed by atoms with van der Waals surface area (Å²) in [7, 11) is 1.50. The number of ether oxygens (including phenoxy) is 2. The molecule has 3 heterocycles. The van der Waals surface area contributed by atoms with Crippen LogP contribution in [-0.2, 0) is 22.4 Å². The van der Waals surface area contributed by atoms with Crippen LogP contribution in [0.1, 0.15) is 58.6 Å². The van der Waals surface area contributed by atoms with E-state index in [1.54, 1.807) is 19.9 Å². The van der Waals surface area contributed by atoms with E-state index in [9.17, 15) is 14.7 Å². The molecule has 1 atom stereocenters. The lowest BCUT2D eigenvalue weighted by atomic mass is 10.1. The van der Waals surface area contributed by atoms with Gasteiger partial charge >= 0.3 is 5.97 Å². The summed E-state index contributed by atoms with van der Waals surface area (Å²) in [5.41, 5.74) is 3.87. The first kappa shape index (κ1) is 25.4. The van der Waals surface area contributed by atoms with E-state index < -0.39 is 17.9 Å². The first-order chi connectivity index (χ1) is 16.4. The Hall–Kier alpha value is -3.20. The maximum absolute atomic E-state index is 12.7. The molecule has 0 spiro atoms. The van der Waals surface area contributed by atoms with Gasteiger partial charge in [-0.05, 0) is 63.1 Å². The van der Waals surface area contributed by atoms with E-state index in [0.717, 1.165) is 50.2 Å². The highest BCUT2D eigenvalue weighted by molar-refractivity contribution is 5.98. The van der Waals surface area contributed by atoms with Gasteiger partial charge in [0.15, 0.2) is 0 Å². The number of carboxylic acids is 1. The lowest BCUT2D eigenvalue weighted by molar-refractivity contribution is -0.139. The molecule has 184 valence electrons. The van der Waals surface area contributed by atoms with Crippen molar-refractivity contribution in [1.82, 2.24) is 15.3 Å². The second-order valence-electron chi connectivity index (χ2n) is 8.51. The van der Waals surface area contributed by atoms with Crippen LogP contribution >= 0.6 is 0 Å². The minimum absolute atomic E-state index is 0.181. The summed E-state index contributed by atoms with van der Waals surface area (Å²) in [5, 5.41) is 15.5. The molecule has 1 amide bonds. The average molecular weight is 471 g/mol. The van der Waals surface area contributed by atoms with Crippen LogP contribution in [0.5, 0.6) is 5.88 Å². The van der Waals surface area contributed by atoms with Crippen molar-refractivity contribution in [2.45, 2.75) is 58.4 Å². The number of pyridine rings is 2. The topological polar surface area (TPSA) is 123 Å². The molecule has 0 radical (unpaired) electrons. The van der Waals surface area contributed by atoms with Crippen LogP contribution in [0.15, 0.2) is 18.2 Å². The Bertz CT molecular complexity index is 988. The van der Waals surface area contributed by atoms with E-state index in [1.807, 2.05) is 0 Å². The number of rotatable bonds is 12. The van der Waals surface area contributed by atoms with Gasteiger partial charge in [0, 0.05) is 37.9 Å². The zero-order valence-electron chi connectivity index (χ0n) is 20.1. The fraction of sp³-hybridized carbons (Fsp3) is 0.520. The number of unbranched alkanes of at least 4 members (excludes halogenated alkanes) is 1. The summed E-state index contributed by atoms with van der Waals surface area (Å²) < 4.78 is 10.7. The highest BCUT2D eigenvalue weighted by Gasteiger charge is 2.23. The zero-order chi connectivity index (χ0) is 24.5. The van der Waals surface area contributed by atoms with Crippen LogP contribution in [0.2, 0.25) is 0 Å². The molecule has 0 aromatic carbocycles. The molecule has 9 heteroatoms. The van der Waals surface area contributed by atoms with Gasteiger partial charge in [0.05, 0.1) is 18.4 Å². The van der Waals surface area contributed by atoms with Crippen LogP contribution in [0.3, 0.4) is 0 Å². The highest BCUT2D eigenvalue weighted by atomic mass is 16.5. The Balaban J connectivity index is 1.39. The molecule has 2 aromatic rings. The Morgan fingerprint density at radius 1 is 1.21 bits per heavy atom. The van der Waals surface area contributed by atoms with Crippen molar-refractivity contribution in [1.29, 1.82) is 0 Å². The molecule has 0 bridgehead atoms. The third-order valence-corrected chi connectivity index (χ3v) is 5.89. The summed E-state index contributed by atoms with van der Waals surface area (Å²) in [6.45, 7) is 5.22. The SMILES string of the molecule is COc1cc(C)c(C(=O)N[C@@H](CCOCCCCc2ccc3c(n2)NCCC3)C(=O)O)c(C)n1. The predicted molar refractivity (Wildman–Crippen MR) is 129 cm³/mol. The van der Waals surface area contributed by atoms with Gasteiger partial charge in [0.25, 0.3) is 5.91 Å². The number of methoxy groups -OCH3 is 1. The molecule has 1 aliphatic rings. The van der Waals surface area contributed by atoms with Gasteiger partial charge < -0.3 is 25.2 Å². The maximum Gasteiger partial charge on any atom is 0.326 e. The van der Waals surface area contributed by atoms with E-state index >= 15 is 0 Å². The van der Waals surface area contributed by atoms with Gasteiger partial charge in [0.2, 0.25) is 5.88 Å². The fourth-order valence-corrected chi connectivity index (χ4v) is 4.05. The molecule has 9 nitrogen and oxygen atoms in total. The summed E-state index contributed by atoms with van der Waals surface area (Å²) in [6, 6.07) is 4.86. The minimum atomic E-state index is -1.10. The Morgan fingerprint density at radius 2 is 2.03 bits per heavy atom. The quantitative estimate of drug-likeness (QED) is 0.405. The number of nitrogens with one attached hydrogen (secondary N) is 2. The van der Waals surface area contributed by atoms with E-state index in [4.69, 9.17) is 14.5 Å². The number of carbonyl (C=O) groups is 2. The van der Waals surface area contributed by atoms with Crippen LogP contribution in [0.25, 0.3) is 0 Å². The number of aryl methyl sites for hydroxylation is 4. The molecule has 0 aliphatic carbocycles. The number of anilines is 1. The van der Waals surface area contributed by atoms with Crippen molar-refractivity contribution in [2.75, 3.05) is 32.2 Å². The maximum atomic E-state index is 12.7. The standard InChI is InChI=1S/C25H34N4O5/c1-16-15-21(33-3)27-17(2)22(16)24(30)29-20(25(31)32)11-14-34-13-5-4-8-19-10-9-18-7-6-12-26-23(18)28-19/h9-10,15,20H,4-8,11-14H2,1-3H3,(H,26,28)(H,29,30)(H,31,32)/t20-/m0/s1. The van der Waals surface area contributed by atoms with E-state index in [-0.39, 0.29) is 13.0 Å². The third kappa shape index (κ3) is 6.90. The highest BCUT2D eigenvalue weighted by Crippen LogP contribution is 2.20. The molecule has 2 aromatic heterocycles. The van der Waals surface area contributed by atoms with Crippen molar-refractivity contribution in [3.8, 4) is 5.88 Å². The fourth-order valence-electron chi connectivity index (χ4n) is 4.05. The Morgan fingerprint density at radius 3 is 2.76 bits per heavy atom. The second kappa shape index (κ2) is 12.3.